The van der Waals surface area contributed by atoms with Gasteiger partial charge in [0.2, 0.25) is 14.7 Å². The van der Waals surface area contributed by atoms with Gasteiger partial charge in [-0.15, -0.1) is 11.6 Å². The molecule has 0 saturated carbocycles. The van der Waals surface area contributed by atoms with E-state index in [1.165, 1.54) is 5.54 Å². The van der Waals surface area contributed by atoms with Crippen LogP contribution in [0.4, 0.5) is 0 Å². The second kappa shape index (κ2) is 28.8. The fourth-order valence-corrected chi connectivity index (χ4v) is 5.06. The van der Waals surface area contributed by atoms with Crippen molar-refractivity contribution in [3.8, 4) is 0 Å². The molecule has 0 amide bonds. The summed E-state index contributed by atoms with van der Waals surface area (Å²) in [5.41, 5.74) is 1.40. The molecule has 0 aliphatic rings. The zero-order chi connectivity index (χ0) is 23.2. The molecule has 0 saturated heterocycles. The third-order valence-electron chi connectivity index (χ3n) is 2.65. The molecule has 2 atom stereocenters. The SMILES string of the molecule is C.C.CCOP(C)(=O)C/C=C/CP(C)(=O)OCC.CCOP(C)OCC.Cl/C=C/CCl. The van der Waals surface area contributed by atoms with E-state index in [1.807, 2.05) is 34.4 Å². The van der Waals surface area contributed by atoms with Gasteiger partial charge >= 0.3 is 0 Å². The van der Waals surface area contributed by atoms with Gasteiger partial charge in [0.1, 0.15) is 0 Å². The Morgan fingerprint density at radius 1 is 0.774 bits per heavy atom. The van der Waals surface area contributed by atoms with Crippen LogP contribution in [0.15, 0.2) is 23.8 Å². The topological polar surface area (TPSA) is 71.1 Å². The quantitative estimate of drug-likeness (QED) is 0.131. The molecule has 0 aromatic heterocycles. The van der Waals surface area contributed by atoms with Gasteiger partial charge in [-0.2, -0.15) is 0 Å². The summed E-state index contributed by atoms with van der Waals surface area (Å²) in [6.45, 7) is 15.1. The van der Waals surface area contributed by atoms with Gasteiger partial charge in [0.05, 0.1) is 26.4 Å². The van der Waals surface area contributed by atoms with Crippen LogP contribution >= 0.6 is 46.3 Å². The number of rotatable bonds is 13. The van der Waals surface area contributed by atoms with Crippen molar-refractivity contribution in [3.05, 3.63) is 23.8 Å². The lowest BCUT2D eigenvalue weighted by Gasteiger charge is -2.11. The van der Waals surface area contributed by atoms with E-state index in [0.29, 0.717) is 31.4 Å². The van der Waals surface area contributed by atoms with Gasteiger partial charge in [-0.1, -0.05) is 44.7 Å². The van der Waals surface area contributed by atoms with Crippen LogP contribution in [0.25, 0.3) is 0 Å². The Morgan fingerprint density at radius 2 is 1.13 bits per heavy atom. The largest absolute Gasteiger partial charge is 0.335 e. The molecule has 0 aromatic rings. The smallest absolute Gasteiger partial charge is 0.203 e. The van der Waals surface area contributed by atoms with E-state index >= 15 is 0 Å². The third-order valence-corrected chi connectivity index (χ3v) is 7.60. The van der Waals surface area contributed by atoms with Crippen molar-refractivity contribution in [3.63, 3.8) is 0 Å². The molecule has 0 N–H and O–H groups in total. The minimum Gasteiger partial charge on any atom is -0.335 e. The van der Waals surface area contributed by atoms with E-state index in [1.54, 1.807) is 31.6 Å². The summed E-state index contributed by atoms with van der Waals surface area (Å²) in [4.78, 5) is 0. The lowest BCUT2D eigenvalue weighted by Crippen LogP contribution is -1.93. The molecule has 31 heavy (non-hydrogen) atoms. The van der Waals surface area contributed by atoms with Gasteiger partial charge in [-0.3, -0.25) is 9.13 Å². The maximum Gasteiger partial charge on any atom is 0.203 e. The summed E-state index contributed by atoms with van der Waals surface area (Å²) in [7, 11) is -5.60. The number of alkyl halides is 1. The Hall–Kier alpha value is 0.790. The summed E-state index contributed by atoms with van der Waals surface area (Å²) in [5.74, 6) is 0.503. The molecular formula is C20H47Cl2O6P3. The minimum absolute atomic E-state index is 0. The first-order chi connectivity index (χ1) is 13.6. The molecule has 0 aliphatic carbocycles. The van der Waals surface area contributed by atoms with Crippen LogP contribution in [0.5, 0.6) is 0 Å². The summed E-state index contributed by atoms with van der Waals surface area (Å²) >= 11 is 10.2. The number of halogens is 2. The van der Waals surface area contributed by atoms with Crippen molar-refractivity contribution in [2.75, 3.05) is 64.6 Å². The molecule has 0 rings (SSSR count). The lowest BCUT2D eigenvalue weighted by molar-refractivity contribution is 0.274. The molecule has 0 heterocycles. The molecule has 0 aromatic carbocycles. The average molecular weight is 547 g/mol. The van der Waals surface area contributed by atoms with Crippen LogP contribution < -0.4 is 0 Å². The van der Waals surface area contributed by atoms with Gasteiger partial charge in [0.25, 0.3) is 0 Å². The van der Waals surface area contributed by atoms with Crippen LogP contribution in [0.2, 0.25) is 0 Å². The van der Waals surface area contributed by atoms with Crippen molar-refractivity contribution in [1.82, 2.24) is 0 Å². The van der Waals surface area contributed by atoms with Crippen LogP contribution in [0.1, 0.15) is 42.5 Å². The highest BCUT2D eigenvalue weighted by molar-refractivity contribution is 7.58. The first-order valence-electron chi connectivity index (χ1n) is 9.43. The number of allylic oxidation sites excluding steroid dienone is 3. The van der Waals surface area contributed by atoms with Crippen molar-refractivity contribution in [1.29, 1.82) is 0 Å². The van der Waals surface area contributed by atoms with Crippen molar-refractivity contribution >= 4 is 46.3 Å². The van der Waals surface area contributed by atoms with E-state index in [2.05, 4.69) is 0 Å². The van der Waals surface area contributed by atoms with Crippen molar-refractivity contribution in [2.45, 2.75) is 42.5 Å². The van der Waals surface area contributed by atoms with Crippen molar-refractivity contribution < 1.29 is 27.2 Å². The fraction of sp³-hybridized carbons (Fsp3) is 0.800. The highest BCUT2D eigenvalue weighted by atomic mass is 35.5. The zero-order valence-corrected chi connectivity index (χ0v) is 23.0. The third kappa shape index (κ3) is 38.4. The van der Waals surface area contributed by atoms with Gasteiger partial charge in [0, 0.05) is 43.7 Å². The first-order valence-corrected chi connectivity index (χ1v) is 16.5. The first kappa shape index (κ1) is 42.0. The normalized spacial score (nSPS) is 14.4. The maximum atomic E-state index is 11.7. The second-order valence-corrected chi connectivity index (χ2v) is 12.8. The number of hydrogen-bond acceptors (Lipinski definition) is 6. The Labute approximate surface area is 204 Å². The van der Waals surface area contributed by atoms with E-state index < -0.39 is 23.1 Å². The molecule has 0 radical (unpaired) electrons. The molecule has 0 spiro atoms. The molecule has 192 valence electrons. The Morgan fingerprint density at radius 3 is 1.32 bits per heavy atom. The van der Waals surface area contributed by atoms with Gasteiger partial charge in [0.15, 0.2) is 8.38 Å². The Kier molecular flexibility index (Phi) is 39.0. The zero-order valence-electron chi connectivity index (χ0n) is 18.8. The molecule has 0 aliphatic heterocycles. The van der Waals surface area contributed by atoms with E-state index in [-0.39, 0.29) is 14.9 Å². The molecule has 11 heteroatoms. The lowest BCUT2D eigenvalue weighted by atomic mass is 10.6. The monoisotopic (exact) mass is 546 g/mol. The highest BCUT2D eigenvalue weighted by Gasteiger charge is 2.14. The molecule has 0 bridgehead atoms. The van der Waals surface area contributed by atoms with Crippen LogP contribution in [-0.2, 0) is 27.2 Å². The molecule has 2 unspecified atom stereocenters. The number of hydrogen-bond donors (Lipinski definition) is 0. The van der Waals surface area contributed by atoms with Gasteiger partial charge < -0.3 is 18.1 Å². The van der Waals surface area contributed by atoms with Crippen LogP contribution in [0.3, 0.4) is 0 Å². The van der Waals surface area contributed by atoms with Gasteiger partial charge in [-0.25, -0.2) is 0 Å². The second-order valence-electron chi connectivity index (χ2n) is 5.49. The summed E-state index contributed by atoms with van der Waals surface area (Å²) < 4.78 is 43.9. The predicted molar refractivity (Wildman–Crippen MR) is 144 cm³/mol. The predicted octanol–water partition coefficient (Wildman–Crippen LogP) is 8.68. The summed E-state index contributed by atoms with van der Waals surface area (Å²) in [5, 5.41) is 0. The van der Waals surface area contributed by atoms with Gasteiger partial charge in [-0.05, 0) is 27.7 Å². The average Bonchev–Trinajstić information content (AvgIpc) is 2.61. The Bertz CT molecular complexity index is 469. The van der Waals surface area contributed by atoms with E-state index in [9.17, 15) is 9.13 Å². The fourth-order valence-electron chi connectivity index (χ4n) is 1.62. The van der Waals surface area contributed by atoms with Crippen LogP contribution in [-0.4, -0.2) is 64.6 Å². The summed E-state index contributed by atoms with van der Waals surface area (Å²) in [6, 6.07) is 0. The van der Waals surface area contributed by atoms with E-state index in [4.69, 9.17) is 41.3 Å². The molecule has 6 nitrogen and oxygen atoms in total. The standard InChI is InChI=1S/C10H22O4P2.C5H13O2P.C3H4Cl2.2CH4/c1-5-13-15(3,11)9-7-8-10-16(4,12)14-6-2;1-4-6-8(3)7-5-2;4-2-1-3-5;;/h7-8H,5-6,9-10H2,1-4H3;4-5H2,1-3H3;1-2H,3H2;2*1H4/b8-7+;;2-1+;;. The molecule has 0 fully saturated rings. The highest BCUT2D eigenvalue weighted by Crippen LogP contribution is 2.44. The van der Waals surface area contributed by atoms with E-state index in [0.717, 1.165) is 13.2 Å². The van der Waals surface area contributed by atoms with Crippen molar-refractivity contribution in [2.24, 2.45) is 0 Å². The molecular weight excluding hydrogens is 500 g/mol. The Balaban J connectivity index is -0.000000126. The minimum atomic E-state index is -2.51. The van der Waals surface area contributed by atoms with Crippen LogP contribution in [0, 0.1) is 0 Å². The maximum absolute atomic E-state index is 11.7. The summed E-state index contributed by atoms with van der Waals surface area (Å²) in [6.07, 6.45) is 5.93.